The van der Waals surface area contributed by atoms with Crippen LogP contribution in [0.25, 0.3) is 82.1 Å². The second kappa shape index (κ2) is 11.7. The van der Waals surface area contributed by atoms with Crippen molar-refractivity contribution < 1.29 is 4.42 Å². The van der Waals surface area contributed by atoms with Crippen molar-refractivity contribution in [1.29, 1.82) is 0 Å². The van der Waals surface area contributed by atoms with Gasteiger partial charge in [-0.15, -0.1) is 0 Å². The lowest BCUT2D eigenvalue weighted by Crippen LogP contribution is -2.10. The van der Waals surface area contributed by atoms with Crippen LogP contribution in [0.3, 0.4) is 0 Å². The van der Waals surface area contributed by atoms with Crippen LogP contribution in [0, 0.1) is 0 Å². The molecule has 11 aromatic rings. The minimum atomic E-state index is 0.890. The number of anilines is 3. The van der Waals surface area contributed by atoms with Crippen molar-refractivity contribution in [3.8, 4) is 16.8 Å². The van der Waals surface area contributed by atoms with Gasteiger partial charge in [-0.1, -0.05) is 127 Å². The highest BCUT2D eigenvalue weighted by Crippen LogP contribution is 2.42. The first-order chi connectivity index (χ1) is 26.3. The molecule has 0 fully saturated rings. The molecule has 0 amide bonds. The Kier molecular flexibility index (Phi) is 6.55. The van der Waals surface area contributed by atoms with Crippen LogP contribution in [-0.4, -0.2) is 4.57 Å². The molecule has 0 bridgehead atoms. The van der Waals surface area contributed by atoms with Gasteiger partial charge in [0, 0.05) is 44.0 Å². The molecule has 248 valence electrons. The molecule has 0 spiro atoms. The van der Waals surface area contributed by atoms with Crippen LogP contribution in [0.1, 0.15) is 0 Å². The molecule has 0 aliphatic carbocycles. The lowest BCUT2D eigenvalue weighted by Gasteiger charge is -2.27. The summed E-state index contributed by atoms with van der Waals surface area (Å²) in [5.41, 5.74) is 11.0. The summed E-state index contributed by atoms with van der Waals surface area (Å²) in [6, 6.07) is 69.8. The zero-order valence-electron chi connectivity index (χ0n) is 28.8. The average Bonchev–Trinajstić information content (AvgIpc) is 3.77. The summed E-state index contributed by atoms with van der Waals surface area (Å²) in [6.45, 7) is 0. The van der Waals surface area contributed by atoms with Gasteiger partial charge in [-0.05, 0) is 94.0 Å². The van der Waals surface area contributed by atoms with Gasteiger partial charge >= 0.3 is 0 Å². The quantitative estimate of drug-likeness (QED) is 0.181. The highest BCUT2D eigenvalue weighted by Gasteiger charge is 2.18. The number of hydrogen-bond donors (Lipinski definition) is 0. The van der Waals surface area contributed by atoms with Crippen molar-refractivity contribution >= 4 is 82.4 Å². The van der Waals surface area contributed by atoms with E-state index in [9.17, 15) is 0 Å². The van der Waals surface area contributed by atoms with Crippen LogP contribution >= 0.6 is 0 Å². The summed E-state index contributed by atoms with van der Waals surface area (Å²) in [7, 11) is 0. The molecule has 9 aromatic carbocycles. The van der Waals surface area contributed by atoms with Crippen LogP contribution in [0.2, 0.25) is 0 Å². The van der Waals surface area contributed by atoms with Crippen molar-refractivity contribution in [2.45, 2.75) is 0 Å². The maximum atomic E-state index is 6.20. The Labute approximate surface area is 306 Å². The van der Waals surface area contributed by atoms with Crippen molar-refractivity contribution in [3.05, 3.63) is 194 Å². The van der Waals surface area contributed by atoms with Crippen LogP contribution in [0.15, 0.2) is 199 Å². The average molecular weight is 677 g/mol. The van der Waals surface area contributed by atoms with Gasteiger partial charge < -0.3 is 13.9 Å². The van der Waals surface area contributed by atoms with Crippen molar-refractivity contribution in [2.24, 2.45) is 0 Å². The minimum Gasteiger partial charge on any atom is -0.456 e. The lowest BCUT2D eigenvalue weighted by molar-refractivity contribution is 0.669. The van der Waals surface area contributed by atoms with Crippen molar-refractivity contribution in [1.82, 2.24) is 4.57 Å². The molecule has 0 aliphatic heterocycles. The van der Waals surface area contributed by atoms with Crippen LogP contribution in [0.4, 0.5) is 17.1 Å². The molecule has 0 radical (unpaired) electrons. The summed E-state index contributed by atoms with van der Waals surface area (Å²) in [4.78, 5) is 2.36. The van der Waals surface area contributed by atoms with Gasteiger partial charge in [0.05, 0.1) is 16.7 Å². The highest BCUT2D eigenvalue weighted by atomic mass is 16.3. The first-order valence-electron chi connectivity index (χ1n) is 18.1. The maximum absolute atomic E-state index is 6.20. The molecule has 0 saturated carbocycles. The Bertz CT molecular complexity index is 3160. The smallest absolute Gasteiger partial charge is 0.135 e. The number of hydrogen-bond acceptors (Lipinski definition) is 2. The van der Waals surface area contributed by atoms with E-state index in [2.05, 4.69) is 191 Å². The van der Waals surface area contributed by atoms with Crippen molar-refractivity contribution in [2.75, 3.05) is 4.90 Å². The number of benzene rings is 9. The molecule has 2 aromatic heterocycles. The summed E-state index contributed by atoms with van der Waals surface area (Å²) in [5, 5.41) is 9.75. The van der Waals surface area contributed by atoms with E-state index in [0.717, 1.165) is 44.7 Å². The lowest BCUT2D eigenvalue weighted by atomic mass is 10.0. The third kappa shape index (κ3) is 4.68. The molecule has 0 N–H and O–H groups in total. The SMILES string of the molecule is c1ccc2c(N(c3ccc(-c4ccc(-n5c6ccccc6c6c7ccccc7ccc65)cc4)cc3)c3ccc4oc5ccccc5c4c3)cccc2c1. The molecular weight excluding hydrogens is 645 g/mol. The summed E-state index contributed by atoms with van der Waals surface area (Å²) >= 11 is 0. The molecule has 0 aliphatic rings. The zero-order valence-corrected chi connectivity index (χ0v) is 28.8. The monoisotopic (exact) mass is 676 g/mol. The molecule has 3 nitrogen and oxygen atoms in total. The van der Waals surface area contributed by atoms with Gasteiger partial charge in [0.25, 0.3) is 0 Å². The molecule has 0 unspecified atom stereocenters. The Morgan fingerprint density at radius 1 is 0.377 bits per heavy atom. The predicted octanol–water partition coefficient (Wildman–Crippen LogP) is 14.1. The van der Waals surface area contributed by atoms with Gasteiger partial charge in [0.15, 0.2) is 0 Å². The molecule has 0 saturated heterocycles. The van der Waals surface area contributed by atoms with Gasteiger partial charge in [-0.25, -0.2) is 0 Å². The fourth-order valence-corrected chi connectivity index (χ4v) is 8.31. The van der Waals surface area contributed by atoms with E-state index >= 15 is 0 Å². The normalized spacial score (nSPS) is 11.8. The number of rotatable bonds is 5. The maximum Gasteiger partial charge on any atom is 0.135 e. The number of para-hydroxylation sites is 2. The third-order valence-corrected chi connectivity index (χ3v) is 10.8. The Hall–Kier alpha value is -7.10. The van der Waals surface area contributed by atoms with E-state index in [0.29, 0.717) is 0 Å². The van der Waals surface area contributed by atoms with Crippen molar-refractivity contribution in [3.63, 3.8) is 0 Å². The highest BCUT2D eigenvalue weighted by molar-refractivity contribution is 6.21. The van der Waals surface area contributed by atoms with Gasteiger partial charge in [0.1, 0.15) is 11.2 Å². The Morgan fingerprint density at radius 2 is 0.981 bits per heavy atom. The summed E-state index contributed by atoms with van der Waals surface area (Å²) in [5.74, 6) is 0. The van der Waals surface area contributed by atoms with E-state index in [1.165, 1.54) is 54.5 Å². The number of nitrogens with zero attached hydrogens (tertiary/aromatic N) is 2. The van der Waals surface area contributed by atoms with Gasteiger partial charge in [-0.3, -0.25) is 0 Å². The Balaban J connectivity index is 1.00. The standard InChI is InChI=1S/C50H32N2O/c1-3-13-40-35(10-1)12-9-18-45(40)51(39-29-31-49-44(32-39)42-15-6-8-19-48(42)53-49)37-25-20-33(21-26-37)34-22-27-38(28-23-34)52-46-17-7-5-16-43(46)50-41-14-4-2-11-36(41)24-30-47(50)52/h1-32H. The topological polar surface area (TPSA) is 21.3 Å². The van der Waals surface area contributed by atoms with Crippen LogP contribution in [0.5, 0.6) is 0 Å². The number of furan rings is 1. The molecule has 2 heterocycles. The first kappa shape index (κ1) is 29.6. The fraction of sp³-hybridized carbons (Fsp3) is 0. The van der Waals surface area contributed by atoms with Crippen LogP contribution in [-0.2, 0) is 0 Å². The summed E-state index contributed by atoms with van der Waals surface area (Å²) in [6.07, 6.45) is 0. The van der Waals surface area contributed by atoms with Gasteiger partial charge in [0.2, 0.25) is 0 Å². The second-order valence-electron chi connectivity index (χ2n) is 13.7. The van der Waals surface area contributed by atoms with E-state index in [4.69, 9.17) is 4.42 Å². The van der Waals surface area contributed by atoms with E-state index in [1.807, 2.05) is 12.1 Å². The first-order valence-corrected chi connectivity index (χ1v) is 18.1. The molecule has 0 atom stereocenters. The molecular formula is C50H32N2O. The zero-order chi connectivity index (χ0) is 34.9. The largest absolute Gasteiger partial charge is 0.456 e. The molecule has 3 heteroatoms. The minimum absolute atomic E-state index is 0.890. The third-order valence-electron chi connectivity index (χ3n) is 10.8. The molecule has 11 rings (SSSR count). The van der Waals surface area contributed by atoms with Gasteiger partial charge in [-0.2, -0.15) is 0 Å². The molecule has 53 heavy (non-hydrogen) atoms. The van der Waals surface area contributed by atoms with E-state index < -0.39 is 0 Å². The number of fused-ring (bicyclic) bond motifs is 9. The number of aromatic nitrogens is 1. The van der Waals surface area contributed by atoms with E-state index in [-0.39, 0.29) is 0 Å². The predicted molar refractivity (Wildman–Crippen MR) is 223 cm³/mol. The van der Waals surface area contributed by atoms with E-state index in [1.54, 1.807) is 0 Å². The fourth-order valence-electron chi connectivity index (χ4n) is 8.31. The van der Waals surface area contributed by atoms with Crippen LogP contribution < -0.4 is 4.90 Å². The second-order valence-corrected chi connectivity index (χ2v) is 13.7. The Morgan fingerprint density at radius 3 is 1.79 bits per heavy atom. The summed E-state index contributed by atoms with van der Waals surface area (Å²) < 4.78 is 8.60.